The largest absolute Gasteiger partial charge is 0.347 e. The summed E-state index contributed by atoms with van der Waals surface area (Å²) in [6.45, 7) is 0.0665. The molecule has 0 saturated carbocycles. The lowest BCUT2D eigenvalue weighted by Crippen LogP contribution is -2.23. The van der Waals surface area contributed by atoms with Crippen LogP contribution in [0.5, 0.6) is 0 Å². The van der Waals surface area contributed by atoms with Gasteiger partial charge in [-0.05, 0) is 18.2 Å². The molecule has 0 fully saturated rings. The molecule has 0 saturated heterocycles. The van der Waals surface area contributed by atoms with Gasteiger partial charge in [0, 0.05) is 12.4 Å². The molecule has 0 aliphatic heterocycles. The number of aromatic amines is 3. The number of rotatable bonds is 4. The Morgan fingerprint density at radius 3 is 2.75 bits per heavy atom. The zero-order valence-corrected chi connectivity index (χ0v) is 11.0. The number of benzene rings is 1. The van der Waals surface area contributed by atoms with E-state index in [1.54, 1.807) is 12.4 Å². The smallest absolute Gasteiger partial charge is 0.323 e. The molecule has 3 rings (SSSR count). The van der Waals surface area contributed by atoms with Crippen molar-refractivity contribution in [3.05, 3.63) is 46.9 Å². The summed E-state index contributed by atoms with van der Waals surface area (Å²) in [5.74, 6) is 0.518. The van der Waals surface area contributed by atoms with Gasteiger partial charge in [0.25, 0.3) is 0 Å². The summed E-state index contributed by atoms with van der Waals surface area (Å²) in [4.78, 5) is 23.0. The summed E-state index contributed by atoms with van der Waals surface area (Å²) in [5, 5.41) is 0. The van der Waals surface area contributed by atoms with Gasteiger partial charge in [0.05, 0.1) is 22.5 Å². The number of nitrogens with zero attached hydrogens (tertiary/aromatic N) is 1. The molecule has 0 amide bonds. The van der Waals surface area contributed by atoms with E-state index in [1.807, 2.05) is 0 Å². The standard InChI is InChI=1S/C11H11N5O3S/c17-11-15-8-2-1-7(5-9(8)16-11)20(18,19)14-6-10-12-3-4-13-10/h1-5,14H,6H2,(H,12,13)(H2,15,16,17). The molecular weight excluding hydrogens is 282 g/mol. The van der Waals surface area contributed by atoms with Crippen LogP contribution < -0.4 is 10.4 Å². The molecule has 0 aliphatic rings. The highest BCUT2D eigenvalue weighted by molar-refractivity contribution is 7.89. The molecule has 9 heteroatoms. The van der Waals surface area contributed by atoms with Gasteiger partial charge in [-0.25, -0.2) is 22.9 Å². The van der Waals surface area contributed by atoms with Gasteiger partial charge in [-0.15, -0.1) is 0 Å². The Balaban J connectivity index is 1.90. The van der Waals surface area contributed by atoms with Crippen LogP contribution in [0, 0.1) is 0 Å². The van der Waals surface area contributed by atoms with Crippen LogP contribution in [0.4, 0.5) is 0 Å². The zero-order valence-electron chi connectivity index (χ0n) is 10.2. The van der Waals surface area contributed by atoms with E-state index in [-0.39, 0.29) is 17.1 Å². The highest BCUT2D eigenvalue weighted by Gasteiger charge is 2.15. The Bertz CT molecular complexity index is 892. The third-order valence-electron chi connectivity index (χ3n) is 2.78. The molecule has 2 heterocycles. The van der Waals surface area contributed by atoms with Crippen LogP contribution in [-0.4, -0.2) is 28.4 Å². The molecule has 1 aromatic carbocycles. The summed E-state index contributed by atoms with van der Waals surface area (Å²) < 4.78 is 26.7. The van der Waals surface area contributed by atoms with E-state index in [1.165, 1.54) is 18.2 Å². The normalized spacial score (nSPS) is 12.0. The predicted octanol–water partition coefficient (Wildman–Crippen LogP) is 0.0578. The summed E-state index contributed by atoms with van der Waals surface area (Å²) in [6.07, 6.45) is 3.15. The van der Waals surface area contributed by atoms with Crippen molar-refractivity contribution < 1.29 is 8.42 Å². The number of sulfonamides is 1. The maximum atomic E-state index is 12.1. The second-order valence-corrected chi connectivity index (χ2v) is 5.91. The fourth-order valence-electron chi connectivity index (χ4n) is 1.82. The van der Waals surface area contributed by atoms with E-state index < -0.39 is 10.0 Å². The van der Waals surface area contributed by atoms with E-state index in [0.29, 0.717) is 16.9 Å². The quantitative estimate of drug-likeness (QED) is 0.543. The molecule has 20 heavy (non-hydrogen) atoms. The van der Waals surface area contributed by atoms with Gasteiger partial charge in [-0.2, -0.15) is 0 Å². The molecular formula is C11H11N5O3S. The molecule has 0 unspecified atom stereocenters. The number of imidazole rings is 2. The predicted molar refractivity (Wildman–Crippen MR) is 71.5 cm³/mol. The fourth-order valence-corrected chi connectivity index (χ4v) is 2.83. The average molecular weight is 293 g/mol. The van der Waals surface area contributed by atoms with Crippen molar-refractivity contribution in [1.29, 1.82) is 0 Å². The van der Waals surface area contributed by atoms with Gasteiger partial charge < -0.3 is 15.0 Å². The molecule has 2 aromatic heterocycles. The minimum absolute atomic E-state index is 0.0665. The first-order chi connectivity index (χ1) is 9.54. The third-order valence-corrected chi connectivity index (χ3v) is 4.18. The van der Waals surface area contributed by atoms with Crippen LogP contribution in [-0.2, 0) is 16.6 Å². The summed E-state index contributed by atoms with van der Waals surface area (Å²) in [7, 11) is -3.66. The van der Waals surface area contributed by atoms with Gasteiger partial charge in [0.2, 0.25) is 10.0 Å². The van der Waals surface area contributed by atoms with Crippen LogP contribution >= 0.6 is 0 Å². The lowest BCUT2D eigenvalue weighted by molar-refractivity contribution is 0.579. The minimum Gasteiger partial charge on any atom is -0.347 e. The second kappa shape index (κ2) is 4.62. The highest BCUT2D eigenvalue weighted by Crippen LogP contribution is 2.14. The van der Waals surface area contributed by atoms with E-state index in [4.69, 9.17) is 0 Å². The Kier molecular flexibility index (Phi) is 2.92. The molecule has 4 N–H and O–H groups in total. The first-order valence-electron chi connectivity index (χ1n) is 5.74. The van der Waals surface area contributed by atoms with Crippen molar-refractivity contribution >= 4 is 21.1 Å². The third kappa shape index (κ3) is 2.36. The van der Waals surface area contributed by atoms with E-state index in [9.17, 15) is 13.2 Å². The minimum atomic E-state index is -3.66. The van der Waals surface area contributed by atoms with E-state index >= 15 is 0 Å². The maximum Gasteiger partial charge on any atom is 0.323 e. The molecule has 8 nitrogen and oxygen atoms in total. The molecule has 0 radical (unpaired) electrons. The molecule has 0 bridgehead atoms. The van der Waals surface area contributed by atoms with Gasteiger partial charge in [0.1, 0.15) is 5.82 Å². The molecule has 0 spiro atoms. The van der Waals surface area contributed by atoms with E-state index in [2.05, 4.69) is 24.7 Å². The number of hydrogen-bond donors (Lipinski definition) is 4. The molecule has 3 aromatic rings. The van der Waals surface area contributed by atoms with Gasteiger partial charge in [-0.3, -0.25) is 0 Å². The highest BCUT2D eigenvalue weighted by atomic mass is 32.2. The van der Waals surface area contributed by atoms with Crippen molar-refractivity contribution in [2.24, 2.45) is 0 Å². The lowest BCUT2D eigenvalue weighted by Gasteiger charge is -2.05. The summed E-state index contributed by atoms with van der Waals surface area (Å²) in [5.41, 5.74) is 0.619. The van der Waals surface area contributed by atoms with Crippen LogP contribution in [0.2, 0.25) is 0 Å². The van der Waals surface area contributed by atoms with Crippen LogP contribution in [0.25, 0.3) is 11.0 Å². The Morgan fingerprint density at radius 1 is 1.20 bits per heavy atom. The number of hydrogen-bond acceptors (Lipinski definition) is 4. The SMILES string of the molecule is O=c1[nH]c2ccc(S(=O)(=O)NCc3ncc[nH]3)cc2[nH]1. The van der Waals surface area contributed by atoms with Crippen molar-refractivity contribution in [2.45, 2.75) is 11.4 Å². The van der Waals surface area contributed by atoms with Gasteiger partial charge >= 0.3 is 5.69 Å². The number of H-pyrrole nitrogens is 3. The Morgan fingerprint density at radius 2 is 2.00 bits per heavy atom. The second-order valence-electron chi connectivity index (χ2n) is 4.15. The van der Waals surface area contributed by atoms with Crippen molar-refractivity contribution in [1.82, 2.24) is 24.7 Å². The van der Waals surface area contributed by atoms with Crippen molar-refractivity contribution in [2.75, 3.05) is 0 Å². The monoisotopic (exact) mass is 293 g/mol. The van der Waals surface area contributed by atoms with Gasteiger partial charge in [0.15, 0.2) is 0 Å². The Labute approximate surface area is 113 Å². The average Bonchev–Trinajstić information content (AvgIpc) is 3.03. The lowest BCUT2D eigenvalue weighted by atomic mass is 10.3. The maximum absolute atomic E-state index is 12.1. The first kappa shape index (κ1) is 12.6. The molecule has 0 atom stereocenters. The summed E-state index contributed by atoms with van der Waals surface area (Å²) in [6, 6.07) is 4.36. The van der Waals surface area contributed by atoms with Crippen LogP contribution in [0.3, 0.4) is 0 Å². The van der Waals surface area contributed by atoms with E-state index in [0.717, 1.165) is 0 Å². The molecule has 104 valence electrons. The number of nitrogens with one attached hydrogen (secondary N) is 4. The van der Waals surface area contributed by atoms with Crippen LogP contribution in [0.1, 0.15) is 5.82 Å². The molecule has 0 aliphatic carbocycles. The number of aromatic nitrogens is 4. The van der Waals surface area contributed by atoms with Crippen molar-refractivity contribution in [3.8, 4) is 0 Å². The van der Waals surface area contributed by atoms with Gasteiger partial charge in [-0.1, -0.05) is 0 Å². The summed E-state index contributed by atoms with van der Waals surface area (Å²) >= 11 is 0. The Hall–Kier alpha value is -2.39. The zero-order chi connectivity index (χ0) is 14.2. The first-order valence-corrected chi connectivity index (χ1v) is 7.23. The fraction of sp³-hybridized carbons (Fsp3) is 0.0909. The van der Waals surface area contributed by atoms with Crippen molar-refractivity contribution in [3.63, 3.8) is 0 Å². The number of fused-ring (bicyclic) bond motifs is 1. The topological polar surface area (TPSA) is 124 Å². The van der Waals surface area contributed by atoms with Crippen LogP contribution in [0.15, 0.2) is 40.3 Å².